The fourth-order valence-corrected chi connectivity index (χ4v) is 2.06. The molecule has 0 aromatic rings. The van der Waals surface area contributed by atoms with Gasteiger partial charge in [-0.2, -0.15) is 0 Å². The van der Waals surface area contributed by atoms with Crippen LogP contribution in [0.4, 0.5) is 4.79 Å². The van der Waals surface area contributed by atoms with Crippen molar-refractivity contribution in [2.24, 2.45) is 0 Å². The minimum absolute atomic E-state index is 0.271. The molecule has 6 heteroatoms. The predicted octanol–water partition coefficient (Wildman–Crippen LogP) is -0.0956. The fourth-order valence-electron chi connectivity index (χ4n) is 2.06. The first-order chi connectivity index (χ1) is 8.54. The van der Waals surface area contributed by atoms with E-state index in [0.29, 0.717) is 6.04 Å². The van der Waals surface area contributed by atoms with Gasteiger partial charge in [0.05, 0.1) is 6.04 Å². The summed E-state index contributed by atoms with van der Waals surface area (Å²) in [6.07, 6.45) is 3.62. The van der Waals surface area contributed by atoms with Gasteiger partial charge in [0.1, 0.15) is 0 Å². The van der Waals surface area contributed by atoms with Gasteiger partial charge >= 0.3 is 6.03 Å². The molecule has 0 spiro atoms. The van der Waals surface area contributed by atoms with Gasteiger partial charge in [-0.05, 0) is 33.4 Å². The SMILES string of the molecule is CNC(=O)NC(=O)C(C)N(C)CC1CCCCN1. The van der Waals surface area contributed by atoms with E-state index in [1.807, 2.05) is 11.9 Å². The minimum atomic E-state index is -0.462. The number of hydrogen-bond donors (Lipinski definition) is 3. The van der Waals surface area contributed by atoms with E-state index in [9.17, 15) is 9.59 Å². The smallest absolute Gasteiger partial charge is 0.321 e. The van der Waals surface area contributed by atoms with E-state index in [1.54, 1.807) is 6.92 Å². The van der Waals surface area contributed by atoms with Crippen LogP contribution in [-0.2, 0) is 4.79 Å². The molecule has 3 N–H and O–H groups in total. The topological polar surface area (TPSA) is 73.5 Å². The lowest BCUT2D eigenvalue weighted by Gasteiger charge is -2.30. The highest BCUT2D eigenvalue weighted by Gasteiger charge is 2.22. The molecule has 1 fully saturated rings. The lowest BCUT2D eigenvalue weighted by molar-refractivity contribution is -0.124. The third-order valence-electron chi connectivity index (χ3n) is 3.43. The molecule has 0 saturated carbocycles. The molecule has 0 aromatic carbocycles. The first-order valence-corrected chi connectivity index (χ1v) is 6.50. The maximum absolute atomic E-state index is 11.8. The summed E-state index contributed by atoms with van der Waals surface area (Å²) in [5.74, 6) is -0.271. The Balaban J connectivity index is 2.37. The number of likely N-dealkylation sites (N-methyl/N-ethyl adjacent to an activating group) is 1. The molecule has 0 aliphatic carbocycles. The van der Waals surface area contributed by atoms with Crippen LogP contribution in [0.2, 0.25) is 0 Å². The normalized spacial score (nSPS) is 21.4. The predicted molar refractivity (Wildman–Crippen MR) is 70.3 cm³/mol. The van der Waals surface area contributed by atoms with Crippen molar-refractivity contribution in [3.8, 4) is 0 Å². The second-order valence-electron chi connectivity index (χ2n) is 4.83. The fraction of sp³-hybridized carbons (Fsp3) is 0.833. The lowest BCUT2D eigenvalue weighted by atomic mass is 10.0. The molecular formula is C12H24N4O2. The number of carbonyl (C=O) groups excluding carboxylic acids is 2. The molecule has 1 aliphatic heterocycles. The van der Waals surface area contributed by atoms with E-state index in [4.69, 9.17) is 0 Å². The summed E-state index contributed by atoms with van der Waals surface area (Å²) in [6.45, 7) is 3.68. The molecule has 0 aromatic heterocycles. The summed E-state index contributed by atoms with van der Waals surface area (Å²) >= 11 is 0. The molecule has 6 nitrogen and oxygen atoms in total. The molecule has 0 bridgehead atoms. The number of nitrogens with one attached hydrogen (secondary N) is 3. The number of carbonyl (C=O) groups is 2. The van der Waals surface area contributed by atoms with Crippen LogP contribution in [0.1, 0.15) is 26.2 Å². The minimum Gasteiger partial charge on any atom is -0.341 e. The molecule has 1 aliphatic rings. The molecule has 0 radical (unpaired) electrons. The molecule has 1 saturated heterocycles. The van der Waals surface area contributed by atoms with Crippen LogP contribution in [0, 0.1) is 0 Å². The van der Waals surface area contributed by atoms with Gasteiger partial charge in [0.15, 0.2) is 0 Å². The Kier molecular flexibility index (Phi) is 6.07. The van der Waals surface area contributed by atoms with Crippen LogP contribution in [-0.4, -0.2) is 56.1 Å². The van der Waals surface area contributed by atoms with Crippen molar-refractivity contribution in [2.75, 3.05) is 27.2 Å². The van der Waals surface area contributed by atoms with Crippen molar-refractivity contribution in [1.29, 1.82) is 0 Å². The summed E-state index contributed by atoms with van der Waals surface area (Å²) in [6, 6.07) is -0.332. The summed E-state index contributed by atoms with van der Waals surface area (Å²) < 4.78 is 0. The van der Waals surface area contributed by atoms with Gasteiger partial charge in [0, 0.05) is 19.6 Å². The van der Waals surface area contributed by atoms with Crippen molar-refractivity contribution in [2.45, 2.75) is 38.3 Å². The number of rotatable bonds is 4. The molecular weight excluding hydrogens is 232 g/mol. The summed E-state index contributed by atoms with van der Waals surface area (Å²) in [5, 5.41) is 8.11. The van der Waals surface area contributed by atoms with Gasteiger partial charge in [-0.25, -0.2) is 4.79 Å². The second kappa shape index (κ2) is 7.33. The number of imide groups is 1. The zero-order valence-electron chi connectivity index (χ0n) is 11.5. The van der Waals surface area contributed by atoms with Crippen molar-refractivity contribution in [3.05, 3.63) is 0 Å². The Morgan fingerprint density at radius 1 is 1.44 bits per heavy atom. The molecule has 2 unspecified atom stereocenters. The zero-order valence-corrected chi connectivity index (χ0v) is 11.5. The number of hydrogen-bond acceptors (Lipinski definition) is 4. The lowest BCUT2D eigenvalue weighted by Crippen LogP contribution is -2.51. The highest BCUT2D eigenvalue weighted by atomic mass is 16.2. The van der Waals surface area contributed by atoms with E-state index in [-0.39, 0.29) is 11.9 Å². The van der Waals surface area contributed by atoms with Gasteiger partial charge in [0.2, 0.25) is 5.91 Å². The molecule has 1 heterocycles. The van der Waals surface area contributed by atoms with E-state index in [2.05, 4.69) is 16.0 Å². The number of urea groups is 1. The van der Waals surface area contributed by atoms with E-state index in [1.165, 1.54) is 19.9 Å². The molecule has 1 rings (SSSR count). The second-order valence-corrected chi connectivity index (χ2v) is 4.83. The van der Waals surface area contributed by atoms with Crippen LogP contribution < -0.4 is 16.0 Å². The van der Waals surface area contributed by atoms with E-state index < -0.39 is 6.03 Å². The molecule has 104 valence electrons. The monoisotopic (exact) mass is 256 g/mol. The zero-order chi connectivity index (χ0) is 13.5. The largest absolute Gasteiger partial charge is 0.341 e. The Morgan fingerprint density at radius 2 is 2.17 bits per heavy atom. The van der Waals surface area contributed by atoms with Crippen LogP contribution in [0.15, 0.2) is 0 Å². The average Bonchev–Trinajstić information content (AvgIpc) is 2.38. The van der Waals surface area contributed by atoms with Gasteiger partial charge in [-0.3, -0.25) is 15.0 Å². The van der Waals surface area contributed by atoms with Crippen molar-refractivity contribution in [1.82, 2.24) is 20.9 Å². The van der Waals surface area contributed by atoms with E-state index >= 15 is 0 Å². The summed E-state index contributed by atoms with van der Waals surface area (Å²) in [5.41, 5.74) is 0. The van der Waals surface area contributed by atoms with Crippen molar-refractivity contribution < 1.29 is 9.59 Å². The maximum atomic E-state index is 11.8. The Bertz CT molecular complexity index is 290. The summed E-state index contributed by atoms with van der Waals surface area (Å²) in [4.78, 5) is 24.8. The average molecular weight is 256 g/mol. The first-order valence-electron chi connectivity index (χ1n) is 6.50. The van der Waals surface area contributed by atoms with E-state index in [0.717, 1.165) is 19.5 Å². The standard InChI is InChI=1S/C12H24N4O2/c1-9(11(17)15-12(18)13-2)16(3)8-10-6-4-5-7-14-10/h9-10,14H,4-8H2,1-3H3,(H2,13,15,17,18). The Hall–Kier alpha value is -1.14. The van der Waals surface area contributed by atoms with Crippen LogP contribution in [0.5, 0.6) is 0 Å². The van der Waals surface area contributed by atoms with Crippen LogP contribution >= 0.6 is 0 Å². The quantitative estimate of drug-likeness (QED) is 0.657. The van der Waals surface area contributed by atoms with Gasteiger partial charge < -0.3 is 10.6 Å². The van der Waals surface area contributed by atoms with Gasteiger partial charge in [-0.15, -0.1) is 0 Å². The van der Waals surface area contributed by atoms with Gasteiger partial charge in [-0.1, -0.05) is 6.42 Å². The van der Waals surface area contributed by atoms with Crippen molar-refractivity contribution >= 4 is 11.9 Å². The Labute approximate surface area is 108 Å². The number of piperidine rings is 1. The van der Waals surface area contributed by atoms with Crippen LogP contribution in [0.25, 0.3) is 0 Å². The number of amides is 3. The van der Waals surface area contributed by atoms with Crippen molar-refractivity contribution in [3.63, 3.8) is 0 Å². The Morgan fingerprint density at radius 3 is 2.72 bits per heavy atom. The maximum Gasteiger partial charge on any atom is 0.321 e. The van der Waals surface area contributed by atoms with Crippen LogP contribution in [0.3, 0.4) is 0 Å². The molecule has 18 heavy (non-hydrogen) atoms. The van der Waals surface area contributed by atoms with Gasteiger partial charge in [0.25, 0.3) is 0 Å². The molecule has 3 amide bonds. The number of nitrogens with zero attached hydrogens (tertiary/aromatic N) is 1. The third kappa shape index (κ3) is 4.62. The first kappa shape index (κ1) is 14.9. The highest BCUT2D eigenvalue weighted by molar-refractivity contribution is 5.96. The molecule has 2 atom stereocenters. The summed E-state index contributed by atoms with van der Waals surface area (Å²) in [7, 11) is 3.40. The third-order valence-corrected chi connectivity index (χ3v) is 3.43. The highest BCUT2D eigenvalue weighted by Crippen LogP contribution is 2.09.